The molecule has 1 aliphatic rings. The largest absolute Gasteiger partial charge is 0.381 e. The second-order valence-corrected chi connectivity index (χ2v) is 5.22. The van der Waals surface area contributed by atoms with Crippen LogP contribution in [0.15, 0.2) is 24.3 Å². The van der Waals surface area contributed by atoms with Crippen LogP contribution in [0, 0.1) is 5.82 Å². The van der Waals surface area contributed by atoms with Crippen molar-refractivity contribution in [2.75, 3.05) is 26.3 Å². The van der Waals surface area contributed by atoms with Gasteiger partial charge in [-0.1, -0.05) is 12.1 Å². The zero-order chi connectivity index (χ0) is 14.4. The van der Waals surface area contributed by atoms with Crippen LogP contribution >= 0.6 is 12.4 Å². The Bertz CT molecular complexity index is 447. The van der Waals surface area contributed by atoms with Gasteiger partial charge in [-0.15, -0.1) is 12.4 Å². The maximum absolute atomic E-state index is 13.1. The van der Waals surface area contributed by atoms with Crippen molar-refractivity contribution in [2.45, 2.75) is 24.7 Å². The number of ether oxygens (including phenoxy) is 1. The fourth-order valence-corrected chi connectivity index (χ4v) is 2.62. The molecule has 1 amide bonds. The lowest BCUT2D eigenvalue weighted by Gasteiger charge is -2.38. The number of amides is 1. The SMILES string of the molecule is Cl.NCCC(=O)NCC1(c2ccc(F)cc2)CCOCC1. The van der Waals surface area contributed by atoms with Crippen LogP contribution in [0.2, 0.25) is 0 Å². The summed E-state index contributed by atoms with van der Waals surface area (Å²) >= 11 is 0. The van der Waals surface area contributed by atoms with Gasteiger partial charge in [0.25, 0.3) is 0 Å². The number of halogens is 2. The minimum absolute atomic E-state index is 0. The molecule has 0 aromatic heterocycles. The van der Waals surface area contributed by atoms with Gasteiger partial charge in [-0.3, -0.25) is 4.79 Å². The van der Waals surface area contributed by atoms with Gasteiger partial charge >= 0.3 is 0 Å². The molecule has 0 radical (unpaired) electrons. The summed E-state index contributed by atoms with van der Waals surface area (Å²) < 4.78 is 18.5. The Labute approximate surface area is 130 Å². The van der Waals surface area contributed by atoms with Gasteiger partial charge in [0.05, 0.1) is 0 Å². The first-order valence-electron chi connectivity index (χ1n) is 6.97. The van der Waals surface area contributed by atoms with Gasteiger partial charge in [-0.05, 0) is 30.5 Å². The topological polar surface area (TPSA) is 64.4 Å². The van der Waals surface area contributed by atoms with E-state index in [4.69, 9.17) is 10.5 Å². The second kappa shape index (κ2) is 8.32. The monoisotopic (exact) mass is 316 g/mol. The fourth-order valence-electron chi connectivity index (χ4n) is 2.62. The highest BCUT2D eigenvalue weighted by Gasteiger charge is 2.34. The summed E-state index contributed by atoms with van der Waals surface area (Å²) in [7, 11) is 0. The molecule has 0 atom stereocenters. The number of nitrogens with one attached hydrogen (secondary N) is 1. The molecular formula is C15H22ClFN2O2. The van der Waals surface area contributed by atoms with Crippen molar-refractivity contribution in [1.29, 1.82) is 0 Å². The normalized spacial score (nSPS) is 16.9. The summed E-state index contributed by atoms with van der Waals surface area (Å²) in [4.78, 5) is 11.6. The van der Waals surface area contributed by atoms with Crippen LogP contribution in [0.4, 0.5) is 4.39 Å². The van der Waals surface area contributed by atoms with Crippen LogP contribution < -0.4 is 11.1 Å². The molecule has 4 nitrogen and oxygen atoms in total. The lowest BCUT2D eigenvalue weighted by molar-refractivity contribution is -0.121. The highest BCUT2D eigenvalue weighted by atomic mass is 35.5. The third-order valence-electron chi connectivity index (χ3n) is 3.90. The zero-order valence-electron chi connectivity index (χ0n) is 11.9. The summed E-state index contributed by atoms with van der Waals surface area (Å²) in [6.45, 7) is 2.20. The quantitative estimate of drug-likeness (QED) is 0.870. The lowest BCUT2D eigenvalue weighted by Crippen LogP contribution is -2.44. The number of nitrogens with two attached hydrogens (primary N) is 1. The van der Waals surface area contributed by atoms with Crippen molar-refractivity contribution in [1.82, 2.24) is 5.32 Å². The third-order valence-corrected chi connectivity index (χ3v) is 3.90. The number of hydrogen-bond acceptors (Lipinski definition) is 3. The fraction of sp³-hybridized carbons (Fsp3) is 0.533. The number of rotatable bonds is 5. The van der Waals surface area contributed by atoms with Crippen molar-refractivity contribution in [3.05, 3.63) is 35.6 Å². The number of hydrogen-bond donors (Lipinski definition) is 2. The zero-order valence-corrected chi connectivity index (χ0v) is 12.8. The smallest absolute Gasteiger partial charge is 0.221 e. The van der Waals surface area contributed by atoms with E-state index in [-0.39, 0.29) is 29.5 Å². The van der Waals surface area contributed by atoms with Crippen molar-refractivity contribution < 1.29 is 13.9 Å². The minimum Gasteiger partial charge on any atom is -0.381 e. The molecule has 2 rings (SSSR count). The average molecular weight is 317 g/mol. The van der Waals surface area contributed by atoms with Gasteiger partial charge in [0.1, 0.15) is 5.82 Å². The van der Waals surface area contributed by atoms with Crippen LogP contribution in [0.5, 0.6) is 0 Å². The summed E-state index contributed by atoms with van der Waals surface area (Å²) in [6.07, 6.45) is 1.97. The van der Waals surface area contributed by atoms with E-state index in [9.17, 15) is 9.18 Å². The molecule has 3 N–H and O–H groups in total. The molecule has 118 valence electrons. The Hall–Kier alpha value is -1.17. The first-order chi connectivity index (χ1) is 9.66. The van der Waals surface area contributed by atoms with E-state index in [0.717, 1.165) is 18.4 Å². The van der Waals surface area contributed by atoms with Gasteiger partial charge < -0.3 is 15.8 Å². The Morgan fingerprint density at radius 3 is 2.48 bits per heavy atom. The summed E-state index contributed by atoms with van der Waals surface area (Å²) in [5.41, 5.74) is 6.26. The molecule has 6 heteroatoms. The summed E-state index contributed by atoms with van der Waals surface area (Å²) in [5.74, 6) is -0.288. The molecule has 1 fully saturated rings. The summed E-state index contributed by atoms with van der Waals surface area (Å²) in [5, 5.41) is 2.94. The van der Waals surface area contributed by atoms with Gasteiger partial charge in [0.2, 0.25) is 5.91 Å². The van der Waals surface area contributed by atoms with Gasteiger partial charge in [0.15, 0.2) is 0 Å². The molecule has 21 heavy (non-hydrogen) atoms. The van der Waals surface area contributed by atoms with Crippen LogP contribution in [-0.4, -0.2) is 32.2 Å². The average Bonchev–Trinajstić information content (AvgIpc) is 2.47. The molecule has 1 aromatic carbocycles. The maximum atomic E-state index is 13.1. The Balaban J connectivity index is 0.00000220. The molecule has 0 bridgehead atoms. The van der Waals surface area contributed by atoms with E-state index in [1.54, 1.807) is 12.1 Å². The van der Waals surface area contributed by atoms with Gasteiger partial charge in [0, 0.05) is 38.1 Å². The van der Waals surface area contributed by atoms with E-state index >= 15 is 0 Å². The second-order valence-electron chi connectivity index (χ2n) is 5.22. The van der Waals surface area contributed by atoms with Crippen LogP contribution in [0.3, 0.4) is 0 Å². The molecule has 1 heterocycles. The van der Waals surface area contributed by atoms with E-state index in [1.807, 2.05) is 0 Å². The third kappa shape index (κ3) is 4.66. The molecule has 0 aliphatic carbocycles. The Morgan fingerprint density at radius 1 is 1.29 bits per heavy atom. The Morgan fingerprint density at radius 2 is 1.90 bits per heavy atom. The number of carbonyl (C=O) groups is 1. The van der Waals surface area contributed by atoms with E-state index in [0.29, 0.717) is 32.7 Å². The Kier molecular flexibility index (Phi) is 7.08. The van der Waals surface area contributed by atoms with Crippen molar-refractivity contribution in [3.63, 3.8) is 0 Å². The first-order valence-corrected chi connectivity index (χ1v) is 6.97. The minimum atomic E-state index is -0.247. The molecule has 1 saturated heterocycles. The van der Waals surface area contributed by atoms with E-state index in [2.05, 4.69) is 5.32 Å². The van der Waals surface area contributed by atoms with Crippen LogP contribution in [-0.2, 0) is 14.9 Å². The van der Waals surface area contributed by atoms with Crippen LogP contribution in [0.1, 0.15) is 24.8 Å². The van der Waals surface area contributed by atoms with Gasteiger partial charge in [-0.2, -0.15) is 0 Å². The molecule has 0 unspecified atom stereocenters. The standard InChI is InChI=1S/C15H21FN2O2.ClH/c16-13-3-1-12(2-4-13)15(6-9-20-10-7-15)11-18-14(19)5-8-17;/h1-4H,5-11,17H2,(H,18,19);1H. The van der Waals surface area contributed by atoms with Gasteiger partial charge in [-0.25, -0.2) is 4.39 Å². The predicted molar refractivity (Wildman–Crippen MR) is 82.1 cm³/mol. The van der Waals surface area contributed by atoms with E-state index in [1.165, 1.54) is 12.1 Å². The molecular weight excluding hydrogens is 295 g/mol. The predicted octanol–water partition coefficient (Wildman–Crippen LogP) is 1.76. The lowest BCUT2D eigenvalue weighted by atomic mass is 9.74. The number of benzene rings is 1. The summed E-state index contributed by atoms with van der Waals surface area (Å²) in [6, 6.07) is 6.54. The van der Waals surface area contributed by atoms with Crippen molar-refractivity contribution in [2.24, 2.45) is 5.73 Å². The first kappa shape index (κ1) is 17.9. The molecule has 1 aliphatic heterocycles. The molecule has 0 spiro atoms. The van der Waals surface area contributed by atoms with E-state index < -0.39 is 0 Å². The molecule has 1 aromatic rings. The molecule has 0 saturated carbocycles. The number of carbonyl (C=O) groups excluding carboxylic acids is 1. The van der Waals surface area contributed by atoms with Crippen LogP contribution in [0.25, 0.3) is 0 Å². The highest BCUT2D eigenvalue weighted by molar-refractivity contribution is 5.85. The van der Waals surface area contributed by atoms with Crippen molar-refractivity contribution >= 4 is 18.3 Å². The van der Waals surface area contributed by atoms with Crippen molar-refractivity contribution in [3.8, 4) is 0 Å². The highest BCUT2D eigenvalue weighted by Crippen LogP contribution is 2.34. The maximum Gasteiger partial charge on any atom is 0.221 e.